The van der Waals surface area contributed by atoms with Crippen LogP contribution in [0.2, 0.25) is 0 Å². The molecule has 0 atom stereocenters. The summed E-state index contributed by atoms with van der Waals surface area (Å²) in [6.07, 6.45) is 0.580. The summed E-state index contributed by atoms with van der Waals surface area (Å²) in [6, 6.07) is 3.46. The minimum Gasteiger partial charge on any atom is -0.467 e. The number of aliphatic hydroxyl groups excluding tert-OH is 4. The molecule has 0 bridgehead atoms. The second-order valence-electron chi connectivity index (χ2n) is 2.26. The van der Waals surface area contributed by atoms with Crippen molar-refractivity contribution in [2.45, 2.75) is 12.7 Å². The first kappa shape index (κ1) is 12.1. The molecule has 0 amide bonds. The summed E-state index contributed by atoms with van der Waals surface area (Å²) in [5, 5.41) is 32.3. The first-order valence-electron chi connectivity index (χ1n) is 3.77. The molecule has 0 fully saturated rings. The monoisotopic (exact) mass is 190 g/mol. The zero-order valence-electron chi connectivity index (χ0n) is 7.13. The Balaban J connectivity index is 0.000000226. The maximum Gasteiger partial charge on any atom is 0.129 e. The van der Waals surface area contributed by atoms with Crippen LogP contribution >= 0.6 is 0 Å². The second-order valence-corrected chi connectivity index (χ2v) is 2.26. The van der Waals surface area contributed by atoms with E-state index in [0.717, 1.165) is 0 Å². The minimum absolute atomic E-state index is 0.00694. The lowest BCUT2D eigenvalue weighted by Gasteiger charge is -1.96. The van der Waals surface area contributed by atoms with E-state index in [1.165, 1.54) is 6.26 Å². The fraction of sp³-hybridized carbons (Fsp3) is 0.500. The first-order chi connectivity index (χ1) is 6.24. The second kappa shape index (κ2) is 7.75. The topological polar surface area (TPSA) is 94.1 Å². The van der Waals surface area contributed by atoms with E-state index in [-0.39, 0.29) is 19.8 Å². The summed E-state index contributed by atoms with van der Waals surface area (Å²) in [7, 11) is 0. The molecule has 0 radical (unpaired) electrons. The van der Waals surface area contributed by atoms with Crippen molar-refractivity contribution in [1.29, 1.82) is 0 Å². The van der Waals surface area contributed by atoms with Crippen molar-refractivity contribution in [1.82, 2.24) is 0 Å². The molecule has 5 heteroatoms. The third-order valence-electron chi connectivity index (χ3n) is 1.16. The van der Waals surface area contributed by atoms with E-state index in [1.54, 1.807) is 12.1 Å². The van der Waals surface area contributed by atoms with Gasteiger partial charge in [0, 0.05) is 0 Å². The van der Waals surface area contributed by atoms with Gasteiger partial charge in [-0.3, -0.25) is 0 Å². The number of hydrogen-bond acceptors (Lipinski definition) is 5. The zero-order chi connectivity index (χ0) is 10.1. The van der Waals surface area contributed by atoms with Gasteiger partial charge >= 0.3 is 0 Å². The van der Waals surface area contributed by atoms with Gasteiger partial charge < -0.3 is 24.8 Å². The smallest absolute Gasteiger partial charge is 0.129 e. The largest absolute Gasteiger partial charge is 0.467 e. The Morgan fingerprint density at radius 1 is 1.23 bits per heavy atom. The van der Waals surface area contributed by atoms with Gasteiger partial charge in [0.15, 0.2) is 0 Å². The van der Waals surface area contributed by atoms with Gasteiger partial charge in [-0.15, -0.1) is 0 Å². The molecule has 0 saturated heterocycles. The van der Waals surface area contributed by atoms with Gasteiger partial charge in [0.1, 0.15) is 18.5 Å². The highest BCUT2D eigenvalue weighted by atomic mass is 16.4. The van der Waals surface area contributed by atoms with E-state index in [4.69, 9.17) is 24.8 Å². The molecule has 0 saturated carbocycles. The maximum atomic E-state index is 8.33. The maximum absolute atomic E-state index is 8.33. The third kappa shape index (κ3) is 6.30. The van der Waals surface area contributed by atoms with Gasteiger partial charge in [-0.2, -0.15) is 0 Å². The van der Waals surface area contributed by atoms with Crippen molar-refractivity contribution in [3.63, 3.8) is 0 Å². The van der Waals surface area contributed by atoms with E-state index in [0.29, 0.717) is 5.76 Å². The van der Waals surface area contributed by atoms with E-state index in [9.17, 15) is 0 Å². The molecule has 0 aliphatic rings. The van der Waals surface area contributed by atoms with Crippen LogP contribution in [-0.2, 0) is 6.61 Å². The first-order valence-corrected chi connectivity index (χ1v) is 3.77. The average Bonchev–Trinajstić information content (AvgIpc) is 2.70. The van der Waals surface area contributed by atoms with E-state index in [1.807, 2.05) is 0 Å². The molecule has 0 aromatic carbocycles. The Kier molecular flexibility index (Phi) is 7.23. The predicted molar refractivity (Wildman–Crippen MR) is 44.8 cm³/mol. The molecule has 0 spiro atoms. The fourth-order valence-corrected chi connectivity index (χ4v) is 0.460. The predicted octanol–water partition coefficient (Wildman–Crippen LogP) is -0.896. The van der Waals surface area contributed by atoms with E-state index in [2.05, 4.69) is 0 Å². The normalized spacial score (nSPS) is 9.62. The number of hydrogen-bond donors (Lipinski definition) is 4. The van der Waals surface area contributed by atoms with Crippen LogP contribution in [0.15, 0.2) is 22.8 Å². The van der Waals surface area contributed by atoms with Crippen LogP contribution in [0.3, 0.4) is 0 Å². The number of furan rings is 1. The summed E-state index contributed by atoms with van der Waals surface area (Å²) in [6.45, 7) is -0.736. The van der Waals surface area contributed by atoms with Crippen molar-refractivity contribution >= 4 is 0 Å². The minimum atomic E-state index is -0.954. The SMILES string of the molecule is OCC(O)CO.OCc1ccco1. The van der Waals surface area contributed by atoms with E-state index >= 15 is 0 Å². The fourth-order valence-electron chi connectivity index (χ4n) is 0.460. The Morgan fingerprint density at radius 3 is 2.00 bits per heavy atom. The van der Waals surface area contributed by atoms with Gasteiger partial charge in [0.25, 0.3) is 0 Å². The van der Waals surface area contributed by atoms with Crippen LogP contribution in [0.25, 0.3) is 0 Å². The molecule has 0 aliphatic carbocycles. The molecule has 1 rings (SSSR count). The molecular formula is C8H14O5. The lowest BCUT2D eigenvalue weighted by Crippen LogP contribution is -2.15. The highest BCUT2D eigenvalue weighted by molar-refractivity contribution is 4.95. The van der Waals surface area contributed by atoms with Crippen LogP contribution in [0.1, 0.15) is 5.76 Å². The summed E-state index contributed by atoms with van der Waals surface area (Å²) >= 11 is 0. The lowest BCUT2D eigenvalue weighted by atomic mass is 10.4. The molecule has 1 aromatic rings. The molecule has 13 heavy (non-hydrogen) atoms. The zero-order valence-corrected chi connectivity index (χ0v) is 7.13. The van der Waals surface area contributed by atoms with E-state index < -0.39 is 6.10 Å². The average molecular weight is 190 g/mol. The van der Waals surface area contributed by atoms with Gasteiger partial charge in [0.05, 0.1) is 19.5 Å². The van der Waals surface area contributed by atoms with Crippen LogP contribution in [-0.4, -0.2) is 39.7 Å². The standard InChI is InChI=1S/C5H6O2.C3H8O3/c6-4-5-2-1-3-7-5;4-1-3(6)2-5/h1-3,6H,4H2;3-6H,1-2H2. The van der Waals surface area contributed by atoms with Crippen molar-refractivity contribution in [3.05, 3.63) is 24.2 Å². The Bertz CT molecular complexity index is 180. The highest BCUT2D eigenvalue weighted by Gasteiger charge is 1.93. The molecule has 1 aromatic heterocycles. The number of aliphatic hydroxyl groups is 4. The number of rotatable bonds is 3. The molecule has 5 nitrogen and oxygen atoms in total. The Morgan fingerprint density at radius 2 is 1.85 bits per heavy atom. The summed E-state index contributed by atoms with van der Waals surface area (Å²) in [5.41, 5.74) is 0. The Hall–Kier alpha value is -0.880. The molecule has 4 N–H and O–H groups in total. The van der Waals surface area contributed by atoms with Gasteiger partial charge in [-0.1, -0.05) is 0 Å². The van der Waals surface area contributed by atoms with Crippen molar-refractivity contribution in [3.8, 4) is 0 Å². The highest BCUT2D eigenvalue weighted by Crippen LogP contribution is 1.96. The van der Waals surface area contributed by atoms with Gasteiger partial charge in [-0.25, -0.2) is 0 Å². The van der Waals surface area contributed by atoms with Gasteiger partial charge in [0.2, 0.25) is 0 Å². The van der Waals surface area contributed by atoms with Crippen molar-refractivity contribution in [2.75, 3.05) is 13.2 Å². The van der Waals surface area contributed by atoms with Crippen LogP contribution in [0.4, 0.5) is 0 Å². The summed E-state index contributed by atoms with van der Waals surface area (Å²) in [4.78, 5) is 0. The van der Waals surface area contributed by atoms with Crippen molar-refractivity contribution in [2.24, 2.45) is 0 Å². The Labute approximate surface area is 75.9 Å². The van der Waals surface area contributed by atoms with Crippen molar-refractivity contribution < 1.29 is 24.8 Å². The quantitative estimate of drug-likeness (QED) is 0.495. The summed E-state index contributed by atoms with van der Waals surface area (Å²) in [5.74, 6) is 0.611. The third-order valence-corrected chi connectivity index (χ3v) is 1.16. The van der Waals surface area contributed by atoms with Crippen LogP contribution in [0, 0.1) is 0 Å². The van der Waals surface area contributed by atoms with Crippen LogP contribution < -0.4 is 0 Å². The summed E-state index contributed by atoms with van der Waals surface area (Å²) < 4.78 is 4.73. The molecule has 1 heterocycles. The lowest BCUT2D eigenvalue weighted by molar-refractivity contribution is 0.0450. The molecular weight excluding hydrogens is 176 g/mol. The molecule has 76 valence electrons. The van der Waals surface area contributed by atoms with Crippen LogP contribution in [0.5, 0.6) is 0 Å². The molecule has 0 unspecified atom stereocenters. The molecule has 0 aliphatic heterocycles. The van der Waals surface area contributed by atoms with Gasteiger partial charge in [-0.05, 0) is 12.1 Å².